The van der Waals surface area contributed by atoms with E-state index in [2.05, 4.69) is 43.4 Å². The number of hydrogen-bond acceptors (Lipinski definition) is 1. The normalized spacial score (nSPS) is 26.7. The molecule has 1 aliphatic rings. The molecule has 1 aromatic rings. The molecule has 1 aliphatic heterocycles. The quantitative estimate of drug-likeness (QED) is 0.754. The van der Waals surface area contributed by atoms with Gasteiger partial charge in [-0.1, -0.05) is 31.2 Å². The van der Waals surface area contributed by atoms with Crippen molar-refractivity contribution in [3.05, 3.63) is 35.4 Å². The minimum absolute atomic E-state index is 0.685. The summed E-state index contributed by atoms with van der Waals surface area (Å²) in [6.45, 7) is 5.66. The van der Waals surface area contributed by atoms with E-state index in [4.69, 9.17) is 0 Å². The minimum Gasteiger partial charge on any atom is -0.314 e. The van der Waals surface area contributed by atoms with Crippen molar-refractivity contribution in [1.29, 1.82) is 0 Å². The molecule has 1 heterocycles. The fraction of sp³-hybridized carbons (Fsp3) is 0.538. The summed E-state index contributed by atoms with van der Waals surface area (Å²) < 4.78 is 0. The maximum absolute atomic E-state index is 3.52. The van der Waals surface area contributed by atoms with Crippen LogP contribution in [0.2, 0.25) is 0 Å². The third kappa shape index (κ3) is 1.83. The molecule has 2 rings (SSSR count). The fourth-order valence-corrected chi connectivity index (χ4v) is 2.43. The van der Waals surface area contributed by atoms with Gasteiger partial charge in [0.15, 0.2) is 0 Å². The first kappa shape index (κ1) is 9.72. The summed E-state index contributed by atoms with van der Waals surface area (Å²) in [6, 6.07) is 9.55. The van der Waals surface area contributed by atoms with E-state index in [1.807, 2.05) is 0 Å². The summed E-state index contributed by atoms with van der Waals surface area (Å²) in [6.07, 6.45) is 2.44. The first-order valence-electron chi connectivity index (χ1n) is 5.62. The molecule has 2 atom stereocenters. The Hall–Kier alpha value is -0.820. The highest BCUT2D eigenvalue weighted by atomic mass is 14.9. The molecule has 0 saturated carbocycles. The lowest BCUT2D eigenvalue weighted by Gasteiger charge is -2.13. The highest BCUT2D eigenvalue weighted by molar-refractivity contribution is 5.31. The highest BCUT2D eigenvalue weighted by Gasteiger charge is 2.23. The van der Waals surface area contributed by atoms with Crippen molar-refractivity contribution in [2.45, 2.75) is 38.6 Å². The van der Waals surface area contributed by atoms with Crippen molar-refractivity contribution in [3.63, 3.8) is 0 Å². The Kier molecular flexibility index (Phi) is 2.87. The average Bonchev–Trinajstić information content (AvgIpc) is 2.65. The van der Waals surface area contributed by atoms with Gasteiger partial charge in [0.1, 0.15) is 0 Å². The van der Waals surface area contributed by atoms with E-state index in [0.29, 0.717) is 6.04 Å². The summed E-state index contributed by atoms with van der Waals surface area (Å²) in [5, 5.41) is 3.52. The van der Waals surface area contributed by atoms with E-state index in [0.717, 1.165) is 18.9 Å². The second-order valence-corrected chi connectivity index (χ2v) is 4.29. The predicted octanol–water partition coefficient (Wildman–Crippen LogP) is 2.71. The van der Waals surface area contributed by atoms with Crippen LogP contribution in [0.5, 0.6) is 0 Å². The molecule has 0 amide bonds. The molecule has 0 aromatic heterocycles. The van der Waals surface area contributed by atoms with Crippen LogP contribution in [0.25, 0.3) is 0 Å². The van der Waals surface area contributed by atoms with E-state index < -0.39 is 0 Å². The van der Waals surface area contributed by atoms with Crippen LogP contribution in [0.4, 0.5) is 0 Å². The van der Waals surface area contributed by atoms with E-state index in [1.165, 1.54) is 12.0 Å². The Labute approximate surface area is 86.5 Å². The van der Waals surface area contributed by atoms with Gasteiger partial charge in [-0.15, -0.1) is 0 Å². The van der Waals surface area contributed by atoms with Crippen LogP contribution in [0.1, 0.15) is 37.3 Å². The lowest BCUT2D eigenvalue weighted by molar-refractivity contribution is 0.658. The van der Waals surface area contributed by atoms with Gasteiger partial charge in [-0.3, -0.25) is 0 Å². The standard InChI is InChI=1S/C13H19N/c1-3-11-6-4-5-7-13(11)12-8-10(2)14-9-12/h4-7,10,12,14H,3,8-9H2,1-2H3. The van der Waals surface area contributed by atoms with Crippen LogP contribution in [0.15, 0.2) is 24.3 Å². The first-order chi connectivity index (χ1) is 6.81. The van der Waals surface area contributed by atoms with Gasteiger partial charge in [0, 0.05) is 12.6 Å². The zero-order valence-electron chi connectivity index (χ0n) is 9.09. The molecule has 76 valence electrons. The molecule has 0 bridgehead atoms. The van der Waals surface area contributed by atoms with E-state index in [1.54, 1.807) is 5.56 Å². The largest absolute Gasteiger partial charge is 0.314 e. The summed E-state index contributed by atoms with van der Waals surface area (Å²) in [5.41, 5.74) is 3.08. The molecular weight excluding hydrogens is 170 g/mol. The van der Waals surface area contributed by atoms with Gasteiger partial charge in [-0.25, -0.2) is 0 Å². The third-order valence-corrected chi connectivity index (χ3v) is 3.23. The van der Waals surface area contributed by atoms with Gasteiger partial charge < -0.3 is 5.32 Å². The Balaban J connectivity index is 2.22. The smallest absolute Gasteiger partial charge is 0.00452 e. The zero-order chi connectivity index (χ0) is 9.97. The maximum Gasteiger partial charge on any atom is 0.00452 e. The van der Waals surface area contributed by atoms with Gasteiger partial charge in [0.05, 0.1) is 0 Å². The summed E-state index contributed by atoms with van der Waals surface area (Å²) in [5.74, 6) is 0.737. The van der Waals surface area contributed by atoms with Crippen molar-refractivity contribution in [3.8, 4) is 0 Å². The van der Waals surface area contributed by atoms with Crippen LogP contribution in [0.3, 0.4) is 0 Å². The fourth-order valence-electron chi connectivity index (χ4n) is 2.43. The summed E-state index contributed by atoms with van der Waals surface area (Å²) in [7, 11) is 0. The number of nitrogens with one attached hydrogen (secondary N) is 1. The molecule has 0 aliphatic carbocycles. The van der Waals surface area contributed by atoms with Gasteiger partial charge >= 0.3 is 0 Å². The van der Waals surface area contributed by atoms with Gasteiger partial charge in [0.25, 0.3) is 0 Å². The SMILES string of the molecule is CCc1ccccc1C1CNC(C)C1. The first-order valence-corrected chi connectivity index (χ1v) is 5.62. The Bertz CT molecular complexity index is 306. The van der Waals surface area contributed by atoms with Crippen LogP contribution < -0.4 is 5.32 Å². The molecule has 1 aromatic carbocycles. The molecule has 2 unspecified atom stereocenters. The second kappa shape index (κ2) is 4.14. The molecule has 1 heteroatoms. The van der Waals surface area contributed by atoms with Gasteiger partial charge in [0.2, 0.25) is 0 Å². The summed E-state index contributed by atoms with van der Waals surface area (Å²) >= 11 is 0. The molecule has 1 N–H and O–H groups in total. The van der Waals surface area contributed by atoms with E-state index in [-0.39, 0.29) is 0 Å². The van der Waals surface area contributed by atoms with Gasteiger partial charge in [-0.05, 0) is 36.8 Å². The van der Waals surface area contributed by atoms with Crippen LogP contribution in [-0.2, 0) is 6.42 Å². The molecule has 0 spiro atoms. The summed E-state index contributed by atoms with van der Waals surface area (Å²) in [4.78, 5) is 0. The topological polar surface area (TPSA) is 12.0 Å². The molecule has 1 fully saturated rings. The number of benzene rings is 1. The lowest BCUT2D eigenvalue weighted by atomic mass is 9.91. The number of hydrogen-bond donors (Lipinski definition) is 1. The predicted molar refractivity (Wildman–Crippen MR) is 60.6 cm³/mol. The molecular formula is C13H19N. The van der Waals surface area contributed by atoms with Crippen LogP contribution in [-0.4, -0.2) is 12.6 Å². The second-order valence-electron chi connectivity index (χ2n) is 4.29. The van der Waals surface area contributed by atoms with Gasteiger partial charge in [-0.2, -0.15) is 0 Å². The number of rotatable bonds is 2. The van der Waals surface area contributed by atoms with E-state index in [9.17, 15) is 0 Å². The van der Waals surface area contributed by atoms with Crippen LogP contribution >= 0.6 is 0 Å². The van der Waals surface area contributed by atoms with Crippen molar-refractivity contribution >= 4 is 0 Å². The Morgan fingerprint density at radius 1 is 1.36 bits per heavy atom. The van der Waals surface area contributed by atoms with Crippen molar-refractivity contribution < 1.29 is 0 Å². The maximum atomic E-state index is 3.52. The minimum atomic E-state index is 0.685. The Morgan fingerprint density at radius 2 is 2.14 bits per heavy atom. The number of aryl methyl sites for hydroxylation is 1. The molecule has 1 saturated heterocycles. The third-order valence-electron chi connectivity index (χ3n) is 3.23. The zero-order valence-corrected chi connectivity index (χ0v) is 9.09. The Morgan fingerprint density at radius 3 is 2.79 bits per heavy atom. The highest BCUT2D eigenvalue weighted by Crippen LogP contribution is 2.28. The van der Waals surface area contributed by atoms with Crippen molar-refractivity contribution in [1.82, 2.24) is 5.32 Å². The average molecular weight is 189 g/mol. The monoisotopic (exact) mass is 189 g/mol. The molecule has 1 nitrogen and oxygen atoms in total. The molecule has 0 radical (unpaired) electrons. The van der Waals surface area contributed by atoms with Crippen LogP contribution in [0, 0.1) is 0 Å². The van der Waals surface area contributed by atoms with Crippen molar-refractivity contribution in [2.75, 3.05) is 6.54 Å². The molecule has 14 heavy (non-hydrogen) atoms. The van der Waals surface area contributed by atoms with E-state index >= 15 is 0 Å². The lowest BCUT2D eigenvalue weighted by Crippen LogP contribution is -2.16. The van der Waals surface area contributed by atoms with Crippen molar-refractivity contribution in [2.24, 2.45) is 0 Å².